The highest BCUT2D eigenvalue weighted by Crippen LogP contribution is 2.28. The minimum atomic E-state index is 0.188. The van der Waals surface area contributed by atoms with Crippen LogP contribution in [0.1, 0.15) is 43.0 Å². The average molecular weight is 336 g/mol. The summed E-state index contributed by atoms with van der Waals surface area (Å²) in [6.07, 6.45) is 5.41. The highest BCUT2D eigenvalue weighted by Gasteiger charge is 2.29. The predicted molar refractivity (Wildman–Crippen MR) is 103 cm³/mol. The highest BCUT2D eigenvalue weighted by atomic mass is 16.2. The van der Waals surface area contributed by atoms with E-state index in [9.17, 15) is 4.79 Å². The number of hydrogen-bond acceptors (Lipinski definition) is 2. The maximum atomic E-state index is 13.1. The Morgan fingerprint density at radius 3 is 2.52 bits per heavy atom. The van der Waals surface area contributed by atoms with Gasteiger partial charge in [0.1, 0.15) is 0 Å². The molecule has 25 heavy (non-hydrogen) atoms. The summed E-state index contributed by atoms with van der Waals surface area (Å²) in [6, 6.07) is 15.0. The number of rotatable bonds is 2. The van der Waals surface area contributed by atoms with Crippen molar-refractivity contribution >= 4 is 16.7 Å². The van der Waals surface area contributed by atoms with Gasteiger partial charge in [-0.25, -0.2) is 0 Å². The van der Waals surface area contributed by atoms with Crippen LogP contribution in [-0.4, -0.2) is 47.9 Å². The van der Waals surface area contributed by atoms with E-state index in [1.54, 1.807) is 0 Å². The van der Waals surface area contributed by atoms with Gasteiger partial charge in [-0.1, -0.05) is 56.2 Å². The summed E-state index contributed by atoms with van der Waals surface area (Å²) in [5, 5.41) is 2.21. The van der Waals surface area contributed by atoms with Crippen LogP contribution in [0.2, 0.25) is 0 Å². The topological polar surface area (TPSA) is 23.6 Å². The molecule has 2 atom stereocenters. The molecule has 2 aromatic carbocycles. The molecule has 2 aliphatic rings. The Kier molecular flexibility index (Phi) is 4.76. The first-order valence-electron chi connectivity index (χ1n) is 9.73. The largest absolute Gasteiger partial charge is 0.336 e. The van der Waals surface area contributed by atoms with Gasteiger partial charge < -0.3 is 4.90 Å². The summed E-state index contributed by atoms with van der Waals surface area (Å²) in [7, 11) is 0. The second-order valence-electron chi connectivity index (χ2n) is 7.78. The van der Waals surface area contributed by atoms with E-state index in [0.717, 1.165) is 54.5 Å². The molecule has 4 rings (SSSR count). The highest BCUT2D eigenvalue weighted by molar-refractivity contribution is 6.07. The van der Waals surface area contributed by atoms with Gasteiger partial charge in [0, 0.05) is 37.8 Å². The first kappa shape index (κ1) is 16.6. The zero-order chi connectivity index (χ0) is 17.2. The molecule has 3 heteroatoms. The van der Waals surface area contributed by atoms with Crippen molar-refractivity contribution in [2.24, 2.45) is 5.92 Å². The van der Waals surface area contributed by atoms with E-state index in [-0.39, 0.29) is 5.91 Å². The van der Waals surface area contributed by atoms with Crippen LogP contribution in [0.5, 0.6) is 0 Å². The van der Waals surface area contributed by atoms with E-state index < -0.39 is 0 Å². The van der Waals surface area contributed by atoms with E-state index in [2.05, 4.69) is 30.0 Å². The zero-order valence-corrected chi connectivity index (χ0v) is 15.2. The minimum absolute atomic E-state index is 0.188. The van der Waals surface area contributed by atoms with Gasteiger partial charge in [-0.3, -0.25) is 9.69 Å². The molecule has 0 spiro atoms. The number of carbonyl (C=O) groups is 1. The molecule has 1 saturated carbocycles. The standard InChI is InChI=1S/C22H28N2O/c1-17-6-4-9-19(16-17)23-12-14-24(15-13-23)22(25)21-11-5-8-18-7-2-3-10-20(18)21/h2-3,5,7-8,10-11,17,19H,4,6,9,12-16H2,1H3/t17-,19+/m1/s1. The molecule has 0 bridgehead atoms. The normalized spacial score (nSPS) is 25.2. The number of piperazine rings is 1. The maximum absolute atomic E-state index is 13.1. The van der Waals surface area contributed by atoms with Crippen molar-refractivity contribution in [3.8, 4) is 0 Å². The Bertz CT molecular complexity index is 743. The molecule has 2 fully saturated rings. The fourth-order valence-electron chi connectivity index (χ4n) is 4.61. The molecule has 3 nitrogen and oxygen atoms in total. The lowest BCUT2D eigenvalue weighted by atomic mass is 9.86. The van der Waals surface area contributed by atoms with Gasteiger partial charge in [0.05, 0.1) is 0 Å². The Balaban J connectivity index is 1.44. The summed E-state index contributed by atoms with van der Waals surface area (Å²) in [5.41, 5.74) is 0.845. The average Bonchev–Trinajstić information content (AvgIpc) is 2.67. The molecular formula is C22H28N2O. The van der Waals surface area contributed by atoms with Crippen LogP contribution in [0.25, 0.3) is 10.8 Å². The first-order valence-corrected chi connectivity index (χ1v) is 9.73. The molecule has 1 heterocycles. The molecule has 0 N–H and O–H groups in total. The first-order chi connectivity index (χ1) is 12.2. The summed E-state index contributed by atoms with van der Waals surface area (Å²) < 4.78 is 0. The van der Waals surface area contributed by atoms with Crippen LogP contribution >= 0.6 is 0 Å². The predicted octanol–water partition coefficient (Wildman–Crippen LogP) is 4.18. The number of carbonyl (C=O) groups excluding carboxylic acids is 1. The minimum Gasteiger partial charge on any atom is -0.336 e. The molecule has 0 unspecified atom stereocenters. The van der Waals surface area contributed by atoms with Crippen molar-refractivity contribution in [1.29, 1.82) is 0 Å². The Morgan fingerprint density at radius 1 is 0.960 bits per heavy atom. The van der Waals surface area contributed by atoms with Gasteiger partial charge >= 0.3 is 0 Å². The maximum Gasteiger partial charge on any atom is 0.254 e. The summed E-state index contributed by atoms with van der Waals surface area (Å²) in [4.78, 5) is 17.7. The van der Waals surface area contributed by atoms with Crippen molar-refractivity contribution < 1.29 is 4.79 Å². The second kappa shape index (κ2) is 7.17. The van der Waals surface area contributed by atoms with Crippen LogP contribution < -0.4 is 0 Å². The number of benzene rings is 2. The van der Waals surface area contributed by atoms with Gasteiger partial charge in [0.2, 0.25) is 0 Å². The van der Waals surface area contributed by atoms with E-state index >= 15 is 0 Å². The summed E-state index contributed by atoms with van der Waals surface area (Å²) in [5.74, 6) is 1.04. The quantitative estimate of drug-likeness (QED) is 0.821. The molecule has 1 aliphatic carbocycles. The van der Waals surface area contributed by atoms with Gasteiger partial charge in [0.25, 0.3) is 5.91 Å². The monoisotopic (exact) mass is 336 g/mol. The molecule has 1 amide bonds. The van der Waals surface area contributed by atoms with Crippen LogP contribution in [-0.2, 0) is 0 Å². The fourth-order valence-corrected chi connectivity index (χ4v) is 4.61. The molecule has 0 radical (unpaired) electrons. The van der Waals surface area contributed by atoms with Gasteiger partial charge in [-0.15, -0.1) is 0 Å². The third kappa shape index (κ3) is 3.43. The number of amides is 1. The second-order valence-corrected chi connectivity index (χ2v) is 7.78. The number of hydrogen-bond donors (Lipinski definition) is 0. The summed E-state index contributed by atoms with van der Waals surface area (Å²) >= 11 is 0. The number of fused-ring (bicyclic) bond motifs is 1. The smallest absolute Gasteiger partial charge is 0.254 e. The Labute approximate surface area is 150 Å². The third-order valence-electron chi connectivity index (χ3n) is 6.05. The molecule has 0 aromatic heterocycles. The lowest BCUT2D eigenvalue weighted by molar-refractivity contribution is 0.0490. The SMILES string of the molecule is C[C@@H]1CCC[C@H](N2CCN(C(=O)c3cccc4ccccc34)CC2)C1. The van der Waals surface area contributed by atoms with Crippen LogP contribution in [0.15, 0.2) is 42.5 Å². The van der Waals surface area contributed by atoms with Crippen LogP contribution in [0.4, 0.5) is 0 Å². The Morgan fingerprint density at radius 2 is 1.72 bits per heavy atom. The molecule has 132 valence electrons. The van der Waals surface area contributed by atoms with E-state index in [1.165, 1.54) is 25.7 Å². The van der Waals surface area contributed by atoms with Crippen LogP contribution in [0.3, 0.4) is 0 Å². The van der Waals surface area contributed by atoms with Crippen molar-refractivity contribution in [3.05, 3.63) is 48.0 Å². The van der Waals surface area contributed by atoms with E-state index in [1.807, 2.05) is 29.2 Å². The molecular weight excluding hydrogens is 308 g/mol. The fraction of sp³-hybridized carbons (Fsp3) is 0.500. The zero-order valence-electron chi connectivity index (χ0n) is 15.2. The van der Waals surface area contributed by atoms with Gasteiger partial charge in [-0.2, -0.15) is 0 Å². The molecule has 1 saturated heterocycles. The van der Waals surface area contributed by atoms with Crippen molar-refractivity contribution in [3.63, 3.8) is 0 Å². The molecule has 1 aliphatic heterocycles. The lowest BCUT2D eigenvalue weighted by Crippen LogP contribution is -2.52. The van der Waals surface area contributed by atoms with E-state index in [0.29, 0.717) is 0 Å². The van der Waals surface area contributed by atoms with Gasteiger partial charge in [0.15, 0.2) is 0 Å². The number of nitrogens with zero attached hydrogens (tertiary/aromatic N) is 2. The Hall–Kier alpha value is -1.87. The van der Waals surface area contributed by atoms with Crippen LogP contribution in [0, 0.1) is 5.92 Å². The van der Waals surface area contributed by atoms with Crippen molar-refractivity contribution in [2.75, 3.05) is 26.2 Å². The molecule has 2 aromatic rings. The lowest BCUT2D eigenvalue weighted by Gasteiger charge is -2.42. The van der Waals surface area contributed by atoms with Crippen molar-refractivity contribution in [1.82, 2.24) is 9.80 Å². The van der Waals surface area contributed by atoms with Gasteiger partial charge in [-0.05, 0) is 35.6 Å². The third-order valence-corrected chi connectivity index (χ3v) is 6.05. The van der Waals surface area contributed by atoms with E-state index in [4.69, 9.17) is 0 Å². The summed E-state index contributed by atoms with van der Waals surface area (Å²) in [6.45, 7) is 6.13. The van der Waals surface area contributed by atoms with Crippen molar-refractivity contribution in [2.45, 2.75) is 38.6 Å².